The summed E-state index contributed by atoms with van der Waals surface area (Å²) in [5, 5.41) is 4.64. The van der Waals surface area contributed by atoms with Crippen molar-refractivity contribution >= 4 is 57.7 Å². The fourth-order valence-electron chi connectivity index (χ4n) is 2.10. The van der Waals surface area contributed by atoms with E-state index in [2.05, 4.69) is 12.2 Å². The van der Waals surface area contributed by atoms with Crippen LogP contribution < -0.4 is 5.32 Å². The van der Waals surface area contributed by atoms with E-state index in [0.717, 1.165) is 34.8 Å². The number of hydrogen-bond donors (Lipinski definition) is 1. The van der Waals surface area contributed by atoms with Crippen LogP contribution in [0.4, 0.5) is 0 Å². The normalized spacial score (nSPS) is 12.6. The van der Waals surface area contributed by atoms with Crippen LogP contribution in [0.2, 0.25) is 18.7 Å². The lowest BCUT2D eigenvalue weighted by atomic mass is 10.0. The van der Waals surface area contributed by atoms with E-state index in [4.69, 9.17) is 46.4 Å². The average molecular weight is 383 g/mol. The van der Waals surface area contributed by atoms with Gasteiger partial charge in [0.2, 0.25) is 0 Å². The third kappa shape index (κ3) is 4.75. The summed E-state index contributed by atoms with van der Waals surface area (Å²) in [7, 11) is 0. The van der Waals surface area contributed by atoms with Crippen LogP contribution in [0.25, 0.3) is 0 Å². The highest BCUT2D eigenvalue weighted by atomic mass is 35.5. The van der Waals surface area contributed by atoms with Gasteiger partial charge in [0.25, 0.3) is 0 Å². The van der Waals surface area contributed by atoms with Crippen LogP contribution in [-0.2, 0) is 6.42 Å². The maximum atomic E-state index is 6.29. The summed E-state index contributed by atoms with van der Waals surface area (Å²) in [5.41, 5.74) is 2.14. The Labute approximate surface area is 149 Å². The van der Waals surface area contributed by atoms with Crippen molar-refractivity contribution in [1.82, 2.24) is 5.32 Å². The SMILES string of the molecule is CCCNC(Cc1ccc(Cl)c(Cl)c1)c1cc(Cl)sc1Cl. The molecule has 1 aromatic carbocycles. The zero-order valence-corrected chi connectivity index (χ0v) is 15.3. The number of thiophene rings is 1. The van der Waals surface area contributed by atoms with Gasteiger partial charge in [0.15, 0.2) is 0 Å². The van der Waals surface area contributed by atoms with Crippen LogP contribution in [-0.4, -0.2) is 6.54 Å². The van der Waals surface area contributed by atoms with Crippen LogP contribution in [0.15, 0.2) is 24.3 Å². The molecule has 6 heteroatoms. The first-order chi connectivity index (χ1) is 10.0. The zero-order chi connectivity index (χ0) is 15.4. The van der Waals surface area contributed by atoms with Crippen LogP contribution in [0.1, 0.15) is 30.5 Å². The second kappa shape index (κ2) is 8.05. The third-order valence-corrected chi connectivity index (χ3v) is 5.38. The Kier molecular flexibility index (Phi) is 6.67. The lowest BCUT2D eigenvalue weighted by Crippen LogP contribution is -2.24. The summed E-state index contributed by atoms with van der Waals surface area (Å²) in [4.78, 5) is 0. The molecule has 1 unspecified atom stereocenters. The molecule has 21 heavy (non-hydrogen) atoms. The second-order valence-corrected chi connectivity index (χ2v) is 7.84. The molecular weight excluding hydrogens is 368 g/mol. The zero-order valence-electron chi connectivity index (χ0n) is 11.4. The number of nitrogens with one attached hydrogen (secondary N) is 1. The molecule has 1 N–H and O–H groups in total. The molecule has 114 valence electrons. The van der Waals surface area contributed by atoms with Gasteiger partial charge in [0.05, 0.1) is 18.7 Å². The first kappa shape index (κ1) is 17.4. The molecule has 0 saturated heterocycles. The van der Waals surface area contributed by atoms with Gasteiger partial charge in [-0.3, -0.25) is 0 Å². The predicted molar refractivity (Wildman–Crippen MR) is 95.5 cm³/mol. The van der Waals surface area contributed by atoms with E-state index in [1.165, 1.54) is 11.3 Å². The fraction of sp³-hybridized carbons (Fsp3) is 0.333. The predicted octanol–water partition coefficient (Wildman–Crippen LogP) is 6.65. The van der Waals surface area contributed by atoms with E-state index >= 15 is 0 Å². The number of halogens is 4. The first-order valence-electron chi connectivity index (χ1n) is 6.63. The molecule has 0 spiro atoms. The molecule has 1 heterocycles. The van der Waals surface area contributed by atoms with Crippen molar-refractivity contribution < 1.29 is 0 Å². The Balaban J connectivity index is 2.23. The van der Waals surface area contributed by atoms with Crippen LogP contribution in [0.3, 0.4) is 0 Å². The Morgan fingerprint density at radius 2 is 1.86 bits per heavy atom. The fourth-order valence-corrected chi connectivity index (χ4v) is 4.00. The molecule has 2 aromatic rings. The Morgan fingerprint density at radius 1 is 1.10 bits per heavy atom. The average Bonchev–Trinajstić information content (AvgIpc) is 2.77. The van der Waals surface area contributed by atoms with Gasteiger partial charge in [-0.05, 0) is 43.1 Å². The molecule has 1 atom stereocenters. The van der Waals surface area contributed by atoms with Gasteiger partial charge in [0.1, 0.15) is 0 Å². The Bertz CT molecular complexity index is 612. The van der Waals surface area contributed by atoms with Gasteiger partial charge in [-0.2, -0.15) is 0 Å². The summed E-state index contributed by atoms with van der Waals surface area (Å²) in [5.74, 6) is 0. The highest BCUT2D eigenvalue weighted by molar-refractivity contribution is 7.20. The minimum Gasteiger partial charge on any atom is -0.310 e. The molecule has 0 saturated carbocycles. The van der Waals surface area contributed by atoms with E-state index in [9.17, 15) is 0 Å². The van der Waals surface area contributed by atoms with Gasteiger partial charge in [0, 0.05) is 11.6 Å². The van der Waals surface area contributed by atoms with Crippen molar-refractivity contribution in [3.8, 4) is 0 Å². The maximum Gasteiger partial charge on any atom is 0.0992 e. The van der Waals surface area contributed by atoms with E-state index in [1.807, 2.05) is 24.3 Å². The van der Waals surface area contributed by atoms with Gasteiger partial charge in [-0.15, -0.1) is 11.3 Å². The van der Waals surface area contributed by atoms with Crippen molar-refractivity contribution in [2.24, 2.45) is 0 Å². The van der Waals surface area contributed by atoms with Crippen LogP contribution >= 0.6 is 57.7 Å². The van der Waals surface area contributed by atoms with Gasteiger partial charge >= 0.3 is 0 Å². The number of hydrogen-bond acceptors (Lipinski definition) is 2. The smallest absolute Gasteiger partial charge is 0.0992 e. The van der Waals surface area contributed by atoms with E-state index in [-0.39, 0.29) is 6.04 Å². The lowest BCUT2D eigenvalue weighted by Gasteiger charge is -2.18. The topological polar surface area (TPSA) is 12.0 Å². The molecule has 1 nitrogen and oxygen atoms in total. The molecule has 0 amide bonds. The molecule has 2 rings (SSSR count). The van der Waals surface area contributed by atoms with Crippen LogP contribution in [0.5, 0.6) is 0 Å². The largest absolute Gasteiger partial charge is 0.310 e. The van der Waals surface area contributed by atoms with Gasteiger partial charge in [-0.25, -0.2) is 0 Å². The number of rotatable bonds is 6. The third-order valence-electron chi connectivity index (χ3n) is 3.12. The van der Waals surface area contributed by atoms with Crippen molar-refractivity contribution in [1.29, 1.82) is 0 Å². The van der Waals surface area contributed by atoms with Crippen LogP contribution in [0, 0.1) is 0 Å². The summed E-state index contributed by atoms with van der Waals surface area (Å²) in [6.07, 6.45) is 1.83. The summed E-state index contributed by atoms with van der Waals surface area (Å²) in [6, 6.07) is 7.74. The monoisotopic (exact) mass is 381 g/mol. The first-order valence-corrected chi connectivity index (χ1v) is 8.96. The summed E-state index contributed by atoms with van der Waals surface area (Å²) >= 11 is 25.8. The van der Waals surface area contributed by atoms with Crippen molar-refractivity contribution in [2.45, 2.75) is 25.8 Å². The van der Waals surface area contributed by atoms with Crippen molar-refractivity contribution in [2.75, 3.05) is 6.54 Å². The Morgan fingerprint density at radius 3 is 2.43 bits per heavy atom. The molecular formula is C15H15Cl4NS. The highest BCUT2D eigenvalue weighted by Gasteiger charge is 2.18. The number of benzene rings is 1. The standard InChI is InChI=1S/C15H15Cl4NS/c1-2-5-20-13(10-8-14(18)21-15(10)19)7-9-3-4-11(16)12(17)6-9/h3-4,6,8,13,20H,2,5,7H2,1H3. The molecule has 0 bridgehead atoms. The van der Waals surface area contributed by atoms with E-state index < -0.39 is 0 Å². The highest BCUT2D eigenvalue weighted by Crippen LogP contribution is 2.36. The second-order valence-electron chi connectivity index (χ2n) is 4.74. The summed E-state index contributed by atoms with van der Waals surface area (Å²) in [6.45, 7) is 3.04. The maximum absolute atomic E-state index is 6.29. The van der Waals surface area contributed by atoms with Gasteiger partial charge < -0.3 is 5.32 Å². The van der Waals surface area contributed by atoms with Crippen molar-refractivity contribution in [3.63, 3.8) is 0 Å². The molecule has 0 radical (unpaired) electrons. The molecule has 0 aliphatic heterocycles. The van der Waals surface area contributed by atoms with Crippen molar-refractivity contribution in [3.05, 3.63) is 54.1 Å². The minimum absolute atomic E-state index is 0.110. The lowest BCUT2D eigenvalue weighted by molar-refractivity contribution is 0.531. The molecule has 0 aliphatic carbocycles. The van der Waals surface area contributed by atoms with E-state index in [1.54, 1.807) is 0 Å². The molecule has 1 aromatic heterocycles. The van der Waals surface area contributed by atoms with Gasteiger partial charge in [-0.1, -0.05) is 59.4 Å². The quantitative estimate of drug-likeness (QED) is 0.589. The molecule has 0 aliphatic rings. The van der Waals surface area contributed by atoms with E-state index in [0.29, 0.717) is 14.4 Å². The minimum atomic E-state index is 0.110. The Hall–Kier alpha value is 0.0400. The molecule has 0 fully saturated rings. The summed E-state index contributed by atoms with van der Waals surface area (Å²) < 4.78 is 1.43.